The number of alkyl halides is 3. The Hall–Kier alpha value is -2.43. The minimum absolute atomic E-state index is 0.0539. The third-order valence-corrected chi connectivity index (χ3v) is 3.25. The summed E-state index contributed by atoms with van der Waals surface area (Å²) >= 11 is 1.27. The number of pyridine rings is 1. The van der Waals surface area contributed by atoms with Crippen LogP contribution in [0.2, 0.25) is 0 Å². The Kier molecular flexibility index (Phi) is 3.35. The first kappa shape index (κ1) is 14.5. The first-order valence-electron chi connectivity index (χ1n) is 5.86. The lowest BCUT2D eigenvalue weighted by Gasteiger charge is -2.05. The van der Waals surface area contributed by atoms with Gasteiger partial charge in [0.1, 0.15) is 5.69 Å². The first-order valence-corrected chi connectivity index (χ1v) is 7.09. The van der Waals surface area contributed by atoms with Gasteiger partial charge in [0.05, 0.1) is 0 Å². The number of nitrogens with two attached hydrogens (primary N) is 1. The Labute approximate surface area is 125 Å². The second-order valence-electron chi connectivity index (χ2n) is 4.14. The molecular weight excluding hydrogens is 319 g/mol. The van der Waals surface area contributed by atoms with Crippen LogP contribution in [0, 0.1) is 0 Å². The predicted molar refractivity (Wildman–Crippen MR) is 73.0 cm³/mol. The van der Waals surface area contributed by atoms with Crippen molar-refractivity contribution in [2.24, 2.45) is 0 Å². The van der Waals surface area contributed by atoms with Gasteiger partial charge in [-0.15, -0.1) is 5.10 Å². The maximum absolute atomic E-state index is 12.7. The zero-order valence-electron chi connectivity index (χ0n) is 11.0. The van der Waals surface area contributed by atoms with Gasteiger partial charge in [0.15, 0.2) is 11.0 Å². The van der Waals surface area contributed by atoms with Crippen LogP contribution in [0.5, 0.6) is 0 Å². The molecule has 0 aliphatic heterocycles. The molecule has 7 nitrogen and oxygen atoms in total. The number of hydrogen-bond acceptors (Lipinski definition) is 7. The summed E-state index contributed by atoms with van der Waals surface area (Å²) in [6, 6.07) is 2.25. The molecule has 3 rings (SSSR count). The number of thioether (sulfide) groups is 1. The Morgan fingerprint density at radius 2 is 2.00 bits per heavy atom. The summed E-state index contributed by atoms with van der Waals surface area (Å²) in [6.07, 6.45) is -1.73. The molecule has 0 unspecified atom stereocenters. The molecule has 0 fully saturated rings. The highest BCUT2D eigenvalue weighted by Crippen LogP contribution is 2.29. The summed E-state index contributed by atoms with van der Waals surface area (Å²) in [5.41, 5.74) is 4.87. The summed E-state index contributed by atoms with van der Waals surface area (Å²) in [4.78, 5) is 15.5. The van der Waals surface area contributed by atoms with E-state index in [2.05, 4.69) is 25.0 Å². The molecule has 0 aliphatic rings. The van der Waals surface area contributed by atoms with Gasteiger partial charge in [-0.2, -0.15) is 32.6 Å². The molecule has 3 aromatic rings. The van der Waals surface area contributed by atoms with Crippen LogP contribution in [0.15, 0.2) is 23.5 Å². The average molecular weight is 327 g/mol. The van der Waals surface area contributed by atoms with Crippen LogP contribution in [0.3, 0.4) is 0 Å². The first-order chi connectivity index (χ1) is 10.4. The molecule has 3 aromatic heterocycles. The minimum Gasteiger partial charge on any atom is -0.368 e. The number of nitrogen functional groups attached to an aromatic ring is 1. The van der Waals surface area contributed by atoms with Crippen molar-refractivity contribution in [1.29, 1.82) is 0 Å². The molecule has 0 aliphatic carbocycles. The second-order valence-corrected chi connectivity index (χ2v) is 4.92. The standard InChI is InChI=1S/C11H8F3N7S/c1-22-10-18-8(15)21-9(19-10)17-7(20-21)5-2-3-16-6(4-5)11(12,13)14/h2-4H,1H3,(H2,15,17,18,19,20). The molecule has 0 saturated heterocycles. The lowest BCUT2D eigenvalue weighted by atomic mass is 10.2. The Morgan fingerprint density at radius 1 is 1.23 bits per heavy atom. The summed E-state index contributed by atoms with van der Waals surface area (Å²) in [7, 11) is 0. The number of rotatable bonds is 2. The minimum atomic E-state index is -4.54. The van der Waals surface area contributed by atoms with Crippen LogP contribution < -0.4 is 5.73 Å². The third kappa shape index (κ3) is 2.54. The van der Waals surface area contributed by atoms with Crippen LogP contribution in [0.25, 0.3) is 17.2 Å². The zero-order chi connectivity index (χ0) is 15.9. The molecule has 0 aromatic carbocycles. The lowest BCUT2D eigenvalue weighted by molar-refractivity contribution is -0.141. The van der Waals surface area contributed by atoms with Gasteiger partial charge in [-0.05, 0) is 18.4 Å². The highest BCUT2D eigenvalue weighted by atomic mass is 32.2. The van der Waals surface area contributed by atoms with Gasteiger partial charge < -0.3 is 5.73 Å². The summed E-state index contributed by atoms with van der Waals surface area (Å²) in [5, 5.41) is 4.43. The monoisotopic (exact) mass is 327 g/mol. The van der Waals surface area contributed by atoms with Crippen molar-refractivity contribution in [3.63, 3.8) is 0 Å². The Balaban J connectivity index is 2.13. The molecule has 114 valence electrons. The highest BCUT2D eigenvalue weighted by Gasteiger charge is 2.32. The van der Waals surface area contributed by atoms with E-state index < -0.39 is 11.9 Å². The molecule has 0 spiro atoms. The molecular formula is C11H8F3N7S. The number of hydrogen-bond donors (Lipinski definition) is 1. The van der Waals surface area contributed by atoms with E-state index in [9.17, 15) is 13.2 Å². The summed E-state index contributed by atoms with van der Waals surface area (Å²) < 4.78 is 39.3. The molecule has 0 amide bonds. The van der Waals surface area contributed by atoms with Gasteiger partial charge in [0, 0.05) is 11.8 Å². The number of anilines is 1. The molecule has 0 saturated carbocycles. The van der Waals surface area contributed by atoms with Gasteiger partial charge in [0.25, 0.3) is 5.78 Å². The maximum Gasteiger partial charge on any atom is 0.433 e. The van der Waals surface area contributed by atoms with Gasteiger partial charge in [-0.1, -0.05) is 11.8 Å². The number of fused-ring (bicyclic) bond motifs is 1. The van der Waals surface area contributed by atoms with Gasteiger partial charge in [-0.25, -0.2) is 0 Å². The smallest absolute Gasteiger partial charge is 0.368 e. The zero-order valence-corrected chi connectivity index (χ0v) is 11.9. The van der Waals surface area contributed by atoms with Crippen LogP contribution in [-0.4, -0.2) is 35.8 Å². The van der Waals surface area contributed by atoms with E-state index >= 15 is 0 Å². The van der Waals surface area contributed by atoms with E-state index in [-0.39, 0.29) is 23.1 Å². The lowest BCUT2D eigenvalue weighted by Crippen LogP contribution is -2.07. The topological polar surface area (TPSA) is 94.9 Å². The molecule has 22 heavy (non-hydrogen) atoms. The number of halogens is 3. The van der Waals surface area contributed by atoms with Crippen molar-refractivity contribution in [3.05, 3.63) is 24.0 Å². The number of aromatic nitrogens is 6. The van der Waals surface area contributed by atoms with E-state index in [4.69, 9.17) is 5.73 Å². The second kappa shape index (κ2) is 5.09. The van der Waals surface area contributed by atoms with Gasteiger partial charge >= 0.3 is 6.18 Å². The summed E-state index contributed by atoms with van der Waals surface area (Å²) in [5.74, 6) is 0.280. The van der Waals surface area contributed by atoms with E-state index in [0.29, 0.717) is 5.16 Å². The van der Waals surface area contributed by atoms with Crippen LogP contribution in [-0.2, 0) is 6.18 Å². The number of nitrogens with zero attached hydrogens (tertiary/aromatic N) is 6. The third-order valence-electron chi connectivity index (χ3n) is 2.70. The van der Waals surface area contributed by atoms with Crippen molar-refractivity contribution >= 4 is 23.5 Å². The molecule has 11 heteroatoms. The fourth-order valence-electron chi connectivity index (χ4n) is 1.72. The molecule has 0 atom stereocenters. The molecule has 2 N–H and O–H groups in total. The van der Waals surface area contributed by atoms with Crippen molar-refractivity contribution in [2.45, 2.75) is 11.3 Å². The van der Waals surface area contributed by atoms with Gasteiger partial charge in [0.2, 0.25) is 5.95 Å². The summed E-state index contributed by atoms with van der Waals surface area (Å²) in [6.45, 7) is 0. The average Bonchev–Trinajstić information content (AvgIpc) is 2.91. The van der Waals surface area contributed by atoms with E-state index in [1.54, 1.807) is 6.26 Å². The largest absolute Gasteiger partial charge is 0.433 e. The fourth-order valence-corrected chi connectivity index (χ4v) is 2.08. The predicted octanol–water partition coefficient (Wildman–Crippen LogP) is 1.90. The van der Waals surface area contributed by atoms with Crippen molar-refractivity contribution in [1.82, 2.24) is 29.5 Å². The van der Waals surface area contributed by atoms with E-state index in [1.165, 1.54) is 22.3 Å². The fraction of sp³-hybridized carbons (Fsp3) is 0.182. The van der Waals surface area contributed by atoms with E-state index in [0.717, 1.165) is 12.3 Å². The van der Waals surface area contributed by atoms with Crippen molar-refractivity contribution in [2.75, 3.05) is 12.0 Å². The Morgan fingerprint density at radius 3 is 2.68 bits per heavy atom. The maximum atomic E-state index is 12.7. The van der Waals surface area contributed by atoms with Crippen LogP contribution >= 0.6 is 11.8 Å². The van der Waals surface area contributed by atoms with Gasteiger partial charge in [-0.3, -0.25) is 4.98 Å². The highest BCUT2D eigenvalue weighted by molar-refractivity contribution is 7.98. The SMILES string of the molecule is CSc1nc(N)n2nc(-c3ccnc(C(F)(F)F)c3)nc2n1. The van der Waals surface area contributed by atoms with Crippen molar-refractivity contribution < 1.29 is 13.2 Å². The Bertz CT molecular complexity index is 845. The normalized spacial score (nSPS) is 12.0. The van der Waals surface area contributed by atoms with Crippen molar-refractivity contribution in [3.8, 4) is 11.4 Å². The molecule has 0 bridgehead atoms. The van der Waals surface area contributed by atoms with E-state index in [1.807, 2.05) is 0 Å². The molecule has 3 heterocycles. The van der Waals surface area contributed by atoms with Crippen LogP contribution in [0.4, 0.5) is 19.1 Å². The van der Waals surface area contributed by atoms with Crippen LogP contribution in [0.1, 0.15) is 5.69 Å². The molecule has 0 radical (unpaired) electrons. The quantitative estimate of drug-likeness (QED) is 0.718.